The van der Waals surface area contributed by atoms with E-state index < -0.39 is 5.79 Å². The molecule has 2 aliphatic rings. The predicted octanol–water partition coefficient (Wildman–Crippen LogP) is 4.53. The Balaban J connectivity index is 0.951. The maximum Gasteiger partial charge on any atom is 0.350 e. The van der Waals surface area contributed by atoms with E-state index in [-0.39, 0.29) is 24.4 Å². The van der Waals surface area contributed by atoms with Crippen LogP contribution in [0.2, 0.25) is 0 Å². The van der Waals surface area contributed by atoms with Gasteiger partial charge >= 0.3 is 5.69 Å². The lowest BCUT2D eigenvalue weighted by atomic mass is 10.1. The molecule has 0 amide bonds. The number of piperazine rings is 1. The van der Waals surface area contributed by atoms with E-state index in [1.807, 2.05) is 73.7 Å². The van der Waals surface area contributed by atoms with Crippen molar-refractivity contribution in [1.29, 1.82) is 5.26 Å². The van der Waals surface area contributed by atoms with E-state index in [1.54, 1.807) is 38.8 Å². The molecule has 0 N–H and O–H groups in total. The van der Waals surface area contributed by atoms with Gasteiger partial charge in [0.2, 0.25) is 5.79 Å². The summed E-state index contributed by atoms with van der Waals surface area (Å²) in [7, 11) is 0. The molecule has 2 fully saturated rings. The van der Waals surface area contributed by atoms with Crippen molar-refractivity contribution in [2.24, 2.45) is 0 Å². The van der Waals surface area contributed by atoms with Crippen LogP contribution in [0, 0.1) is 11.3 Å². The van der Waals surface area contributed by atoms with Gasteiger partial charge in [0.15, 0.2) is 0 Å². The Kier molecular flexibility index (Phi) is 9.64. The number of ether oxygens (including phenoxy) is 3. The summed E-state index contributed by atoms with van der Waals surface area (Å²) in [4.78, 5) is 19.1. The summed E-state index contributed by atoms with van der Waals surface area (Å²) in [5, 5.41) is 22.9. The lowest BCUT2D eigenvalue weighted by molar-refractivity contribution is -0.192. The molecule has 50 heavy (non-hydrogen) atoms. The van der Waals surface area contributed by atoms with Crippen molar-refractivity contribution in [3.05, 3.63) is 113 Å². The van der Waals surface area contributed by atoms with Gasteiger partial charge in [-0.05, 0) is 55.8 Å². The standard InChI is InChI=1S/C37H41N9O4/c1-3-7-28(2)46-36(47)44(27-41-46)32-12-10-31(11-13-32)42-18-20-43(21-19-42)35-15-14-33(22-29(35)23-38)48-24-34-25-49-37(50-34,26-45-39-16-17-40-45)30-8-5-4-6-9-30/h4-6,8-17,22,27-28,34H,3,7,18-21,24-26H2,1-2H3/t28?,34-,37-/m1/s1. The predicted molar refractivity (Wildman–Crippen MR) is 187 cm³/mol. The highest BCUT2D eigenvalue weighted by Crippen LogP contribution is 2.36. The lowest BCUT2D eigenvalue weighted by Gasteiger charge is -2.37. The third kappa shape index (κ3) is 6.85. The Hall–Kier alpha value is -5.45. The minimum atomic E-state index is -1.03. The van der Waals surface area contributed by atoms with Gasteiger partial charge in [-0.15, -0.1) is 0 Å². The van der Waals surface area contributed by atoms with Crippen molar-refractivity contribution < 1.29 is 14.2 Å². The number of nitrogens with zero attached hydrogens (tertiary/aromatic N) is 9. The largest absolute Gasteiger partial charge is 0.491 e. The molecule has 258 valence electrons. The third-order valence-corrected chi connectivity index (χ3v) is 9.34. The summed E-state index contributed by atoms with van der Waals surface area (Å²) in [6.45, 7) is 8.15. The topological polar surface area (TPSA) is 128 Å². The highest BCUT2D eigenvalue weighted by Gasteiger charge is 2.44. The Morgan fingerprint density at radius 2 is 1.68 bits per heavy atom. The average Bonchev–Trinajstić information content (AvgIpc) is 3.92. The zero-order valence-corrected chi connectivity index (χ0v) is 28.3. The zero-order chi connectivity index (χ0) is 34.5. The van der Waals surface area contributed by atoms with Gasteiger partial charge in [-0.1, -0.05) is 43.7 Å². The van der Waals surface area contributed by atoms with Crippen LogP contribution >= 0.6 is 0 Å². The summed E-state index contributed by atoms with van der Waals surface area (Å²) in [5.74, 6) is -0.431. The fourth-order valence-corrected chi connectivity index (χ4v) is 6.70. The Morgan fingerprint density at radius 3 is 2.40 bits per heavy atom. The van der Waals surface area contributed by atoms with Crippen LogP contribution in [0.3, 0.4) is 0 Å². The van der Waals surface area contributed by atoms with Crippen LogP contribution in [0.1, 0.15) is 43.9 Å². The van der Waals surface area contributed by atoms with Crippen LogP contribution < -0.4 is 20.2 Å². The molecule has 3 atom stereocenters. The molecule has 1 unspecified atom stereocenters. The fourth-order valence-electron chi connectivity index (χ4n) is 6.70. The Bertz CT molecular complexity index is 1960. The van der Waals surface area contributed by atoms with Crippen LogP contribution in [0.15, 0.2) is 96.3 Å². The maximum atomic E-state index is 12.9. The first-order valence-electron chi connectivity index (χ1n) is 17.1. The fraction of sp³-hybridized carbons (Fsp3) is 0.378. The molecule has 0 aliphatic carbocycles. The molecule has 7 rings (SSSR count). The van der Waals surface area contributed by atoms with Crippen molar-refractivity contribution in [2.75, 3.05) is 49.2 Å². The van der Waals surface area contributed by atoms with E-state index in [1.165, 1.54) is 0 Å². The van der Waals surface area contributed by atoms with Crippen LogP contribution in [0.25, 0.3) is 5.69 Å². The highest BCUT2D eigenvalue weighted by molar-refractivity contribution is 5.63. The number of hydrogen-bond acceptors (Lipinski definition) is 10. The summed E-state index contributed by atoms with van der Waals surface area (Å²) in [5.41, 5.74) is 4.09. The van der Waals surface area contributed by atoms with E-state index in [0.717, 1.165) is 61.6 Å². The van der Waals surface area contributed by atoms with Crippen molar-refractivity contribution >= 4 is 11.4 Å². The van der Waals surface area contributed by atoms with Crippen LogP contribution in [-0.2, 0) is 21.8 Å². The van der Waals surface area contributed by atoms with E-state index in [9.17, 15) is 10.1 Å². The van der Waals surface area contributed by atoms with E-state index in [4.69, 9.17) is 14.2 Å². The molecule has 4 heterocycles. The number of anilines is 2. The molecule has 0 bridgehead atoms. The zero-order valence-electron chi connectivity index (χ0n) is 28.3. The number of aromatic nitrogens is 6. The van der Waals surface area contributed by atoms with Gasteiger partial charge in [0.1, 0.15) is 37.4 Å². The first kappa shape index (κ1) is 33.1. The molecule has 3 aromatic carbocycles. The summed E-state index contributed by atoms with van der Waals surface area (Å²) < 4.78 is 22.0. The van der Waals surface area contributed by atoms with Crippen molar-refractivity contribution in [3.8, 4) is 17.5 Å². The molecule has 5 aromatic rings. The van der Waals surface area contributed by atoms with Crippen molar-refractivity contribution in [1.82, 2.24) is 29.3 Å². The first-order chi connectivity index (χ1) is 24.5. The molecular formula is C37H41N9O4. The number of benzene rings is 3. The number of nitriles is 1. The highest BCUT2D eigenvalue weighted by atomic mass is 16.8. The minimum Gasteiger partial charge on any atom is -0.491 e. The van der Waals surface area contributed by atoms with E-state index in [2.05, 4.69) is 38.1 Å². The summed E-state index contributed by atoms with van der Waals surface area (Å²) in [6, 6.07) is 25.9. The molecule has 2 aromatic heterocycles. The van der Waals surface area contributed by atoms with Gasteiger partial charge in [0, 0.05) is 37.4 Å². The molecule has 13 nitrogen and oxygen atoms in total. The van der Waals surface area contributed by atoms with Crippen LogP contribution in [0.4, 0.5) is 11.4 Å². The molecular weight excluding hydrogens is 634 g/mol. The van der Waals surface area contributed by atoms with Crippen LogP contribution in [0.5, 0.6) is 5.75 Å². The number of hydrogen-bond donors (Lipinski definition) is 0. The first-order valence-corrected chi connectivity index (χ1v) is 17.1. The quantitative estimate of drug-likeness (QED) is 0.186. The second-order valence-corrected chi connectivity index (χ2v) is 12.7. The third-order valence-electron chi connectivity index (χ3n) is 9.34. The molecule has 0 radical (unpaired) electrons. The second-order valence-electron chi connectivity index (χ2n) is 12.7. The molecule has 0 saturated carbocycles. The van der Waals surface area contributed by atoms with Gasteiger partial charge in [-0.2, -0.15) is 25.4 Å². The molecule has 13 heteroatoms. The van der Waals surface area contributed by atoms with Crippen LogP contribution in [-0.4, -0.2) is 74.8 Å². The second kappa shape index (κ2) is 14.6. The minimum absolute atomic E-state index is 0.0643. The number of rotatable bonds is 12. The van der Waals surface area contributed by atoms with E-state index in [0.29, 0.717) is 24.5 Å². The Morgan fingerprint density at radius 1 is 0.960 bits per heavy atom. The van der Waals surface area contributed by atoms with Gasteiger partial charge in [0.25, 0.3) is 0 Å². The Labute approximate surface area is 290 Å². The SMILES string of the molecule is CCCC(C)n1ncn(-c2ccc(N3CCN(c4ccc(OC[C@@H]5CO[C@@](Cn6nccn6)(c6ccccc6)O5)cc4C#N)CC3)cc2)c1=O. The van der Waals surface area contributed by atoms with Gasteiger partial charge in [0.05, 0.1) is 42.0 Å². The van der Waals surface area contributed by atoms with Crippen molar-refractivity contribution in [3.63, 3.8) is 0 Å². The normalized spacial score (nSPS) is 19.7. The average molecular weight is 676 g/mol. The summed E-state index contributed by atoms with van der Waals surface area (Å²) in [6.07, 6.45) is 6.43. The monoisotopic (exact) mass is 675 g/mol. The van der Waals surface area contributed by atoms with Gasteiger partial charge in [-0.3, -0.25) is 0 Å². The molecule has 2 aliphatic heterocycles. The van der Waals surface area contributed by atoms with Gasteiger partial charge < -0.3 is 24.0 Å². The molecule has 2 saturated heterocycles. The van der Waals surface area contributed by atoms with Gasteiger partial charge in [-0.25, -0.2) is 14.0 Å². The smallest absolute Gasteiger partial charge is 0.350 e. The van der Waals surface area contributed by atoms with E-state index >= 15 is 0 Å². The summed E-state index contributed by atoms with van der Waals surface area (Å²) >= 11 is 0. The molecule has 0 spiro atoms. The van der Waals surface area contributed by atoms with Crippen molar-refractivity contribution in [2.45, 2.75) is 51.2 Å². The maximum absolute atomic E-state index is 12.9. The lowest BCUT2D eigenvalue weighted by Crippen LogP contribution is -2.46.